The Labute approximate surface area is 228 Å². The molecule has 38 heavy (non-hydrogen) atoms. The summed E-state index contributed by atoms with van der Waals surface area (Å²) in [5.41, 5.74) is 5.19. The molecule has 2 aromatic carbocycles. The van der Waals surface area contributed by atoms with Gasteiger partial charge in [0.2, 0.25) is 5.91 Å². The molecule has 5 fully saturated rings. The molecule has 4 bridgehead atoms. The summed E-state index contributed by atoms with van der Waals surface area (Å²) in [5, 5.41) is 2.36. The van der Waals surface area contributed by atoms with Crippen LogP contribution in [0.2, 0.25) is 0 Å². The first-order valence-corrected chi connectivity index (χ1v) is 14.4. The van der Waals surface area contributed by atoms with E-state index in [1.807, 2.05) is 38.1 Å². The number of hydrogen-bond donors (Lipinski definition) is 1. The van der Waals surface area contributed by atoms with E-state index in [0.29, 0.717) is 16.3 Å². The van der Waals surface area contributed by atoms with Crippen molar-refractivity contribution < 1.29 is 19.1 Å². The molecule has 1 saturated heterocycles. The third kappa shape index (κ3) is 4.55. The minimum atomic E-state index is -0.447. The number of carbonyl (C=O) groups excluding carboxylic acids is 3. The molecule has 1 aliphatic heterocycles. The van der Waals surface area contributed by atoms with Gasteiger partial charge in [-0.25, -0.2) is 0 Å². The van der Waals surface area contributed by atoms with Crippen molar-refractivity contribution in [1.82, 2.24) is 4.90 Å². The predicted octanol–water partition coefficient (Wildman–Crippen LogP) is 6.45. The third-order valence-corrected chi connectivity index (χ3v) is 10.0. The molecule has 0 spiro atoms. The third-order valence-electron chi connectivity index (χ3n) is 9.13. The molecule has 4 saturated carbocycles. The standard InChI is InChI=1S/C31H34N2O4S/c1-18-4-6-25(8-19(18)2)32-28(34)17-33-29(35)27(38-30(33)36)13-23-12-24(5-7-26(23)37-3)31-14-20-9-21(15-31)11-22(10-20)16-31/h4-8,12-13,20-22H,9-11,14-17H2,1-3H3,(H,32,34)/b27-13+. The average molecular weight is 531 g/mol. The van der Waals surface area contributed by atoms with Gasteiger partial charge in [-0.1, -0.05) is 12.1 Å². The van der Waals surface area contributed by atoms with Crippen molar-refractivity contribution >= 4 is 40.6 Å². The van der Waals surface area contributed by atoms with Crippen molar-refractivity contribution in [2.24, 2.45) is 17.8 Å². The summed E-state index contributed by atoms with van der Waals surface area (Å²) in [5.74, 6) is 2.32. The maximum atomic E-state index is 13.2. The fraction of sp³-hybridized carbons (Fsp3) is 0.452. The number of carbonyl (C=O) groups is 3. The Morgan fingerprint density at radius 1 is 1.03 bits per heavy atom. The van der Waals surface area contributed by atoms with Crippen LogP contribution in [0.1, 0.15) is 60.8 Å². The Hall–Kier alpha value is -3.06. The summed E-state index contributed by atoms with van der Waals surface area (Å²) in [6.07, 6.45) is 9.64. The van der Waals surface area contributed by atoms with E-state index in [4.69, 9.17) is 4.74 Å². The molecule has 0 atom stereocenters. The van der Waals surface area contributed by atoms with Crippen LogP contribution in [0.5, 0.6) is 5.75 Å². The largest absolute Gasteiger partial charge is 0.496 e. The van der Waals surface area contributed by atoms with Crippen LogP contribution in [0, 0.1) is 31.6 Å². The monoisotopic (exact) mass is 530 g/mol. The van der Waals surface area contributed by atoms with Crippen LogP contribution < -0.4 is 10.1 Å². The number of nitrogens with one attached hydrogen (secondary N) is 1. The summed E-state index contributed by atoms with van der Waals surface area (Å²) in [6.45, 7) is 3.65. The Balaban J connectivity index is 1.22. The van der Waals surface area contributed by atoms with Crippen LogP contribution in [0.15, 0.2) is 41.3 Å². The first-order chi connectivity index (χ1) is 18.2. The van der Waals surface area contributed by atoms with E-state index in [9.17, 15) is 14.4 Å². The van der Waals surface area contributed by atoms with Crippen molar-refractivity contribution in [2.75, 3.05) is 19.0 Å². The summed E-state index contributed by atoms with van der Waals surface area (Å²) < 4.78 is 5.64. The Morgan fingerprint density at radius 2 is 1.71 bits per heavy atom. The quantitative estimate of drug-likeness (QED) is 0.434. The molecule has 4 aliphatic carbocycles. The number of imide groups is 1. The highest BCUT2D eigenvalue weighted by molar-refractivity contribution is 8.18. The van der Waals surface area contributed by atoms with Crippen molar-refractivity contribution in [3.63, 3.8) is 0 Å². The van der Waals surface area contributed by atoms with E-state index in [1.54, 1.807) is 13.2 Å². The second kappa shape index (κ2) is 9.60. The zero-order valence-electron chi connectivity index (χ0n) is 22.2. The smallest absolute Gasteiger partial charge is 0.294 e. The van der Waals surface area contributed by atoms with Gasteiger partial charge in [0, 0.05) is 11.3 Å². The van der Waals surface area contributed by atoms with Crippen molar-refractivity contribution in [3.05, 3.63) is 63.6 Å². The summed E-state index contributed by atoms with van der Waals surface area (Å²) in [6, 6.07) is 12.0. The molecule has 2 aromatic rings. The molecule has 198 valence electrons. The van der Waals surface area contributed by atoms with Crippen LogP contribution >= 0.6 is 11.8 Å². The van der Waals surface area contributed by atoms with Gasteiger partial charge in [0.15, 0.2) is 0 Å². The molecule has 7 rings (SSSR count). The van der Waals surface area contributed by atoms with Crippen LogP contribution in [0.25, 0.3) is 6.08 Å². The fourth-order valence-electron chi connectivity index (χ4n) is 7.58. The highest BCUT2D eigenvalue weighted by atomic mass is 32.2. The molecule has 7 heteroatoms. The molecule has 0 aromatic heterocycles. The van der Waals surface area contributed by atoms with E-state index in [-0.39, 0.29) is 12.0 Å². The predicted molar refractivity (Wildman–Crippen MR) is 150 cm³/mol. The van der Waals surface area contributed by atoms with Crippen LogP contribution in [-0.2, 0) is 15.0 Å². The number of amides is 3. The summed E-state index contributed by atoms with van der Waals surface area (Å²) >= 11 is 0.877. The maximum absolute atomic E-state index is 13.2. The molecule has 3 amide bonds. The Morgan fingerprint density at radius 3 is 2.34 bits per heavy atom. The molecule has 6 nitrogen and oxygen atoms in total. The Kier molecular flexibility index (Phi) is 6.37. The van der Waals surface area contributed by atoms with E-state index in [0.717, 1.165) is 51.1 Å². The normalized spacial score (nSPS) is 28.9. The fourth-order valence-corrected chi connectivity index (χ4v) is 8.41. The van der Waals surface area contributed by atoms with Gasteiger partial charge in [0.25, 0.3) is 11.1 Å². The highest BCUT2D eigenvalue weighted by Crippen LogP contribution is 2.61. The SMILES string of the molecule is COc1ccc(C23CC4CC(CC(C4)C2)C3)cc1/C=C1/SC(=O)N(CC(=O)Nc2ccc(C)c(C)c2)C1=O. The molecular formula is C31H34N2O4S. The number of thioether (sulfide) groups is 1. The average Bonchev–Trinajstić information content (AvgIpc) is 3.12. The van der Waals surface area contributed by atoms with Gasteiger partial charge < -0.3 is 10.1 Å². The van der Waals surface area contributed by atoms with Gasteiger partial charge >= 0.3 is 0 Å². The molecular weight excluding hydrogens is 496 g/mol. The number of benzene rings is 2. The summed E-state index contributed by atoms with van der Waals surface area (Å²) in [7, 11) is 1.62. The van der Waals surface area contributed by atoms with Gasteiger partial charge in [-0.15, -0.1) is 0 Å². The van der Waals surface area contributed by atoms with E-state index in [1.165, 1.54) is 44.1 Å². The van der Waals surface area contributed by atoms with Gasteiger partial charge in [-0.05, 0) is 134 Å². The number of rotatable bonds is 6. The minimum absolute atomic E-state index is 0.218. The van der Waals surface area contributed by atoms with E-state index in [2.05, 4.69) is 17.4 Å². The van der Waals surface area contributed by atoms with Crippen molar-refractivity contribution in [2.45, 2.75) is 57.8 Å². The minimum Gasteiger partial charge on any atom is -0.496 e. The van der Waals surface area contributed by atoms with Gasteiger partial charge in [0.1, 0.15) is 12.3 Å². The highest BCUT2D eigenvalue weighted by Gasteiger charge is 2.51. The van der Waals surface area contributed by atoms with Gasteiger partial charge in [-0.3, -0.25) is 19.3 Å². The summed E-state index contributed by atoms with van der Waals surface area (Å²) in [4.78, 5) is 39.9. The van der Waals surface area contributed by atoms with Crippen LogP contribution in [0.3, 0.4) is 0 Å². The molecule has 0 unspecified atom stereocenters. The maximum Gasteiger partial charge on any atom is 0.294 e. The van der Waals surface area contributed by atoms with Crippen LogP contribution in [0.4, 0.5) is 10.5 Å². The van der Waals surface area contributed by atoms with E-state index < -0.39 is 17.1 Å². The van der Waals surface area contributed by atoms with Crippen LogP contribution in [-0.4, -0.2) is 35.6 Å². The van der Waals surface area contributed by atoms with Gasteiger partial charge in [-0.2, -0.15) is 0 Å². The number of hydrogen-bond acceptors (Lipinski definition) is 5. The van der Waals surface area contributed by atoms with Crippen molar-refractivity contribution in [1.29, 1.82) is 0 Å². The topological polar surface area (TPSA) is 75.7 Å². The molecule has 0 radical (unpaired) electrons. The molecule has 5 aliphatic rings. The zero-order chi connectivity index (χ0) is 26.6. The van der Waals surface area contributed by atoms with E-state index >= 15 is 0 Å². The number of ether oxygens (including phenoxy) is 1. The first-order valence-electron chi connectivity index (χ1n) is 13.5. The lowest BCUT2D eigenvalue weighted by Gasteiger charge is -2.57. The lowest BCUT2D eigenvalue weighted by Crippen LogP contribution is -2.48. The second-order valence-corrected chi connectivity index (χ2v) is 12.8. The zero-order valence-corrected chi connectivity index (χ0v) is 23.0. The lowest BCUT2D eigenvalue weighted by molar-refractivity contribution is -0.127. The Bertz CT molecular complexity index is 1330. The first kappa shape index (κ1) is 25.2. The lowest BCUT2D eigenvalue weighted by atomic mass is 9.48. The molecule has 1 N–H and O–H groups in total. The number of nitrogens with zero attached hydrogens (tertiary/aromatic N) is 1. The second-order valence-electron chi connectivity index (χ2n) is 11.8. The number of methoxy groups -OCH3 is 1. The van der Waals surface area contributed by atoms with Gasteiger partial charge in [0.05, 0.1) is 12.0 Å². The molecule has 1 heterocycles. The number of anilines is 1. The number of aryl methyl sites for hydroxylation is 2. The van der Waals surface area contributed by atoms with Crippen molar-refractivity contribution in [3.8, 4) is 5.75 Å².